The van der Waals surface area contributed by atoms with Crippen molar-refractivity contribution in [2.45, 2.75) is 5.75 Å². The standard InChI is InChI=1S/C9H11NS/c1-2-7-11-8-9-3-5-10-6-4-9/h2-6H,1,7-8H2. The first kappa shape index (κ1) is 8.34. The predicted molar refractivity (Wildman–Crippen MR) is 50.6 cm³/mol. The average molecular weight is 165 g/mol. The lowest BCUT2D eigenvalue weighted by Crippen LogP contribution is -1.80. The Kier molecular flexibility index (Phi) is 3.76. The van der Waals surface area contributed by atoms with Crippen molar-refractivity contribution < 1.29 is 0 Å². The van der Waals surface area contributed by atoms with Crippen LogP contribution < -0.4 is 0 Å². The summed E-state index contributed by atoms with van der Waals surface area (Å²) in [6.45, 7) is 3.66. The molecule has 0 saturated heterocycles. The summed E-state index contributed by atoms with van der Waals surface area (Å²) in [6, 6.07) is 4.08. The van der Waals surface area contributed by atoms with Gasteiger partial charge in [0, 0.05) is 23.9 Å². The molecule has 0 aliphatic rings. The number of rotatable bonds is 4. The fraction of sp³-hybridized carbons (Fsp3) is 0.222. The third-order valence-electron chi connectivity index (χ3n) is 1.25. The molecular formula is C9H11NS. The number of hydrogen-bond donors (Lipinski definition) is 0. The zero-order valence-corrected chi connectivity index (χ0v) is 7.18. The van der Waals surface area contributed by atoms with Crippen molar-refractivity contribution in [3.63, 3.8) is 0 Å². The largest absolute Gasteiger partial charge is 0.265 e. The van der Waals surface area contributed by atoms with E-state index in [1.807, 2.05) is 42.4 Å². The molecule has 0 amide bonds. The Bertz CT molecular complexity index is 208. The molecule has 0 radical (unpaired) electrons. The van der Waals surface area contributed by atoms with Crippen LogP contribution in [-0.2, 0) is 5.75 Å². The lowest BCUT2D eigenvalue weighted by atomic mass is 10.3. The molecule has 58 valence electrons. The lowest BCUT2D eigenvalue weighted by Gasteiger charge is -1.96. The molecule has 1 rings (SSSR count). The molecule has 11 heavy (non-hydrogen) atoms. The first-order valence-electron chi connectivity index (χ1n) is 3.51. The van der Waals surface area contributed by atoms with E-state index in [0.29, 0.717) is 0 Å². The van der Waals surface area contributed by atoms with Crippen LogP contribution in [0.1, 0.15) is 5.56 Å². The van der Waals surface area contributed by atoms with Gasteiger partial charge in [-0.1, -0.05) is 6.08 Å². The summed E-state index contributed by atoms with van der Waals surface area (Å²) in [6.07, 6.45) is 5.57. The van der Waals surface area contributed by atoms with Gasteiger partial charge in [-0.25, -0.2) is 0 Å². The van der Waals surface area contributed by atoms with E-state index in [1.54, 1.807) is 0 Å². The smallest absolute Gasteiger partial charge is 0.0270 e. The molecule has 0 saturated carbocycles. The van der Waals surface area contributed by atoms with Crippen LogP contribution in [0.15, 0.2) is 37.2 Å². The van der Waals surface area contributed by atoms with Gasteiger partial charge in [0.1, 0.15) is 0 Å². The molecule has 0 aromatic carbocycles. The highest BCUT2D eigenvalue weighted by molar-refractivity contribution is 7.98. The van der Waals surface area contributed by atoms with E-state index in [4.69, 9.17) is 0 Å². The van der Waals surface area contributed by atoms with Crippen LogP contribution in [-0.4, -0.2) is 10.7 Å². The second kappa shape index (κ2) is 4.97. The molecule has 0 aliphatic carbocycles. The first-order valence-corrected chi connectivity index (χ1v) is 4.66. The number of hydrogen-bond acceptors (Lipinski definition) is 2. The number of nitrogens with zero attached hydrogens (tertiary/aromatic N) is 1. The summed E-state index contributed by atoms with van der Waals surface area (Å²) in [5.74, 6) is 2.07. The molecule has 0 fully saturated rings. The summed E-state index contributed by atoms with van der Waals surface area (Å²) < 4.78 is 0. The molecule has 1 nitrogen and oxygen atoms in total. The van der Waals surface area contributed by atoms with Crippen molar-refractivity contribution >= 4 is 11.8 Å². The van der Waals surface area contributed by atoms with E-state index in [2.05, 4.69) is 11.6 Å². The minimum atomic E-state index is 1.02. The summed E-state index contributed by atoms with van der Waals surface area (Å²) in [4.78, 5) is 3.94. The van der Waals surface area contributed by atoms with Crippen molar-refractivity contribution in [3.05, 3.63) is 42.7 Å². The highest BCUT2D eigenvalue weighted by atomic mass is 32.2. The minimum Gasteiger partial charge on any atom is -0.265 e. The molecule has 0 spiro atoms. The Hall–Kier alpha value is -0.760. The molecule has 1 aromatic heterocycles. The van der Waals surface area contributed by atoms with Crippen molar-refractivity contribution in [1.29, 1.82) is 0 Å². The third-order valence-corrected chi connectivity index (χ3v) is 2.26. The lowest BCUT2D eigenvalue weighted by molar-refractivity contribution is 1.27. The topological polar surface area (TPSA) is 12.9 Å². The average Bonchev–Trinajstić information content (AvgIpc) is 2.07. The Morgan fingerprint density at radius 2 is 2.18 bits per heavy atom. The molecule has 0 atom stereocenters. The van der Waals surface area contributed by atoms with Crippen LogP contribution in [0.3, 0.4) is 0 Å². The van der Waals surface area contributed by atoms with Gasteiger partial charge in [0.25, 0.3) is 0 Å². The van der Waals surface area contributed by atoms with E-state index in [-0.39, 0.29) is 0 Å². The van der Waals surface area contributed by atoms with Crippen molar-refractivity contribution in [2.75, 3.05) is 5.75 Å². The van der Waals surface area contributed by atoms with Gasteiger partial charge in [-0.3, -0.25) is 4.98 Å². The van der Waals surface area contributed by atoms with Crippen molar-refractivity contribution in [3.8, 4) is 0 Å². The second-order valence-electron chi connectivity index (χ2n) is 2.16. The summed E-state index contributed by atoms with van der Waals surface area (Å²) in [5.41, 5.74) is 1.33. The van der Waals surface area contributed by atoms with Gasteiger partial charge >= 0.3 is 0 Å². The zero-order valence-electron chi connectivity index (χ0n) is 6.36. The van der Waals surface area contributed by atoms with Crippen molar-refractivity contribution in [1.82, 2.24) is 4.98 Å². The molecule has 1 aromatic rings. The normalized spacial score (nSPS) is 9.45. The fourth-order valence-corrected chi connectivity index (χ4v) is 1.45. The van der Waals surface area contributed by atoms with E-state index < -0.39 is 0 Å². The molecule has 1 heterocycles. The van der Waals surface area contributed by atoms with Crippen molar-refractivity contribution in [2.24, 2.45) is 0 Å². The van der Waals surface area contributed by atoms with Crippen LogP contribution in [0.25, 0.3) is 0 Å². The minimum absolute atomic E-state index is 1.02. The molecule has 0 aliphatic heterocycles. The molecule has 2 heteroatoms. The maximum atomic E-state index is 3.94. The maximum Gasteiger partial charge on any atom is 0.0270 e. The summed E-state index contributed by atoms with van der Waals surface area (Å²) in [7, 11) is 0. The van der Waals surface area contributed by atoms with Crippen LogP contribution in [0, 0.1) is 0 Å². The fourth-order valence-electron chi connectivity index (χ4n) is 0.739. The van der Waals surface area contributed by atoms with Gasteiger partial charge in [0.2, 0.25) is 0 Å². The Balaban J connectivity index is 2.33. The van der Waals surface area contributed by atoms with Crippen LogP contribution in [0.5, 0.6) is 0 Å². The van der Waals surface area contributed by atoms with Gasteiger partial charge in [0.05, 0.1) is 0 Å². The molecule has 0 bridgehead atoms. The maximum absolute atomic E-state index is 3.94. The second-order valence-corrected chi connectivity index (χ2v) is 3.19. The summed E-state index contributed by atoms with van der Waals surface area (Å²) >= 11 is 1.86. The van der Waals surface area contributed by atoms with E-state index in [1.165, 1.54) is 5.56 Å². The Morgan fingerprint density at radius 3 is 2.82 bits per heavy atom. The van der Waals surface area contributed by atoms with Gasteiger partial charge in [-0.15, -0.1) is 6.58 Å². The van der Waals surface area contributed by atoms with E-state index >= 15 is 0 Å². The quantitative estimate of drug-likeness (QED) is 0.502. The molecular weight excluding hydrogens is 154 g/mol. The van der Waals surface area contributed by atoms with Gasteiger partial charge < -0.3 is 0 Å². The first-order chi connectivity index (χ1) is 5.43. The molecule has 0 N–H and O–H groups in total. The van der Waals surface area contributed by atoms with Crippen LogP contribution in [0.4, 0.5) is 0 Å². The van der Waals surface area contributed by atoms with E-state index in [0.717, 1.165) is 11.5 Å². The third kappa shape index (κ3) is 3.23. The van der Waals surface area contributed by atoms with Crippen LogP contribution >= 0.6 is 11.8 Å². The monoisotopic (exact) mass is 165 g/mol. The van der Waals surface area contributed by atoms with Gasteiger partial charge in [-0.05, 0) is 17.7 Å². The highest BCUT2D eigenvalue weighted by Gasteiger charge is 1.88. The van der Waals surface area contributed by atoms with E-state index in [9.17, 15) is 0 Å². The number of aromatic nitrogens is 1. The predicted octanol–water partition coefficient (Wildman–Crippen LogP) is 2.50. The Labute approximate surface area is 71.5 Å². The summed E-state index contributed by atoms with van der Waals surface area (Å²) in [5, 5.41) is 0. The SMILES string of the molecule is C=CCSCc1ccncc1. The number of pyridine rings is 1. The van der Waals surface area contributed by atoms with Crippen LogP contribution in [0.2, 0.25) is 0 Å². The van der Waals surface area contributed by atoms with Gasteiger partial charge in [0.15, 0.2) is 0 Å². The Morgan fingerprint density at radius 1 is 1.45 bits per heavy atom. The molecule has 0 unspecified atom stereocenters. The highest BCUT2D eigenvalue weighted by Crippen LogP contribution is 2.10. The number of thioether (sulfide) groups is 1. The van der Waals surface area contributed by atoms with Gasteiger partial charge in [-0.2, -0.15) is 11.8 Å². The zero-order chi connectivity index (χ0) is 7.94.